The average molecular weight is 308 g/mol. The zero-order chi connectivity index (χ0) is 12.8. The van der Waals surface area contributed by atoms with Gasteiger partial charge in [0.15, 0.2) is 11.4 Å². The van der Waals surface area contributed by atoms with Gasteiger partial charge in [-0.2, -0.15) is 0 Å². The van der Waals surface area contributed by atoms with Crippen LogP contribution in [0.1, 0.15) is 24.7 Å². The molecule has 1 aliphatic rings. The number of aromatic nitrogens is 3. The summed E-state index contributed by atoms with van der Waals surface area (Å²) < 4.78 is 9.02. The van der Waals surface area contributed by atoms with Crippen molar-refractivity contribution in [1.82, 2.24) is 14.8 Å². The minimum absolute atomic E-state index is 0.251. The van der Waals surface area contributed by atoms with Gasteiger partial charge in [0.1, 0.15) is 6.33 Å². The summed E-state index contributed by atoms with van der Waals surface area (Å²) in [7, 11) is 1.95. The summed E-state index contributed by atoms with van der Waals surface area (Å²) in [5, 5.41) is 8.19. The van der Waals surface area contributed by atoms with Gasteiger partial charge in [-0.15, -0.1) is 10.2 Å². The fourth-order valence-corrected chi connectivity index (χ4v) is 2.99. The molecule has 4 nitrogen and oxygen atoms in total. The summed E-state index contributed by atoms with van der Waals surface area (Å²) in [5.41, 5.74) is 0.667. The molecule has 18 heavy (non-hydrogen) atoms. The molecule has 3 rings (SSSR count). The number of hydrogen-bond donors (Lipinski definition) is 0. The predicted octanol–water partition coefficient (Wildman–Crippen LogP) is 2.63. The first kappa shape index (κ1) is 11.9. The molecule has 0 bridgehead atoms. The Hall–Kier alpha value is -1.20. The molecule has 1 aromatic heterocycles. The highest BCUT2D eigenvalue weighted by Gasteiger charge is 2.49. The van der Waals surface area contributed by atoms with E-state index in [1.807, 2.05) is 23.7 Å². The monoisotopic (exact) mass is 307 g/mol. The Labute approximate surface area is 114 Å². The molecular formula is C13H14BrN3O. The van der Waals surface area contributed by atoms with Crippen LogP contribution in [0.2, 0.25) is 0 Å². The Morgan fingerprint density at radius 2 is 2.28 bits per heavy atom. The summed E-state index contributed by atoms with van der Waals surface area (Å²) in [6.45, 7) is 2.08. The number of ether oxygens (including phenoxy) is 1. The van der Waals surface area contributed by atoms with E-state index in [9.17, 15) is 0 Å². The third kappa shape index (κ3) is 1.69. The van der Waals surface area contributed by atoms with Gasteiger partial charge in [0.2, 0.25) is 0 Å². The van der Waals surface area contributed by atoms with Gasteiger partial charge in [0, 0.05) is 17.9 Å². The highest BCUT2D eigenvalue weighted by atomic mass is 79.9. The van der Waals surface area contributed by atoms with Crippen LogP contribution in [0.3, 0.4) is 0 Å². The van der Waals surface area contributed by atoms with E-state index >= 15 is 0 Å². The molecule has 2 atom stereocenters. The maximum absolute atomic E-state index is 6.05. The fraction of sp³-hybridized carbons (Fsp3) is 0.385. The van der Waals surface area contributed by atoms with Gasteiger partial charge in [-0.25, -0.2) is 0 Å². The number of rotatable bonds is 2. The molecule has 0 N–H and O–H groups in total. The lowest BCUT2D eigenvalue weighted by Crippen LogP contribution is -2.49. The minimum atomic E-state index is -0.450. The molecule has 0 amide bonds. The maximum atomic E-state index is 6.05. The Morgan fingerprint density at radius 1 is 1.50 bits per heavy atom. The largest absolute Gasteiger partial charge is 0.359 e. The van der Waals surface area contributed by atoms with E-state index in [1.165, 1.54) is 0 Å². The minimum Gasteiger partial charge on any atom is -0.359 e. The number of halogens is 1. The van der Waals surface area contributed by atoms with Crippen molar-refractivity contribution in [1.29, 1.82) is 0 Å². The summed E-state index contributed by atoms with van der Waals surface area (Å²) >= 11 is 3.51. The molecule has 1 aromatic carbocycles. The van der Waals surface area contributed by atoms with Gasteiger partial charge >= 0.3 is 0 Å². The van der Waals surface area contributed by atoms with Crippen LogP contribution >= 0.6 is 15.9 Å². The van der Waals surface area contributed by atoms with Crippen LogP contribution in [0.5, 0.6) is 0 Å². The quantitative estimate of drug-likeness (QED) is 0.856. The van der Waals surface area contributed by atoms with Crippen LogP contribution in [0, 0.1) is 0 Å². The van der Waals surface area contributed by atoms with Gasteiger partial charge in [-0.3, -0.25) is 0 Å². The van der Waals surface area contributed by atoms with Crippen molar-refractivity contribution in [2.45, 2.75) is 25.0 Å². The SMILES string of the molecule is C[C@H]1C[C@](c2cccc(Br)c2)(c2nncn2C)O1. The molecule has 5 heteroatoms. The third-order valence-corrected chi connectivity index (χ3v) is 3.83. The first-order valence-corrected chi connectivity index (χ1v) is 6.69. The van der Waals surface area contributed by atoms with E-state index in [1.54, 1.807) is 6.33 Å². The first-order chi connectivity index (χ1) is 8.62. The van der Waals surface area contributed by atoms with Gasteiger partial charge in [0.25, 0.3) is 0 Å². The van der Waals surface area contributed by atoms with E-state index in [4.69, 9.17) is 4.74 Å². The molecule has 0 radical (unpaired) electrons. The van der Waals surface area contributed by atoms with E-state index in [0.29, 0.717) is 0 Å². The zero-order valence-electron chi connectivity index (χ0n) is 10.3. The van der Waals surface area contributed by atoms with Crippen molar-refractivity contribution in [3.05, 3.63) is 46.5 Å². The van der Waals surface area contributed by atoms with Crippen molar-refractivity contribution < 1.29 is 4.74 Å². The van der Waals surface area contributed by atoms with E-state index in [2.05, 4.69) is 45.2 Å². The average Bonchev–Trinajstić information content (AvgIpc) is 2.71. The number of nitrogens with zero attached hydrogens (tertiary/aromatic N) is 3. The lowest BCUT2D eigenvalue weighted by atomic mass is 9.82. The Kier molecular flexibility index (Phi) is 2.75. The molecule has 2 heterocycles. The van der Waals surface area contributed by atoms with Crippen molar-refractivity contribution in [3.63, 3.8) is 0 Å². The third-order valence-electron chi connectivity index (χ3n) is 3.34. The van der Waals surface area contributed by atoms with Gasteiger partial charge in [0.05, 0.1) is 6.10 Å². The number of aryl methyl sites for hydroxylation is 1. The van der Waals surface area contributed by atoms with Crippen LogP contribution in [-0.4, -0.2) is 20.9 Å². The highest BCUT2D eigenvalue weighted by molar-refractivity contribution is 9.10. The predicted molar refractivity (Wildman–Crippen MR) is 71.1 cm³/mol. The zero-order valence-corrected chi connectivity index (χ0v) is 11.9. The summed E-state index contributed by atoms with van der Waals surface area (Å²) in [5.74, 6) is 0.860. The molecule has 1 saturated heterocycles. The molecule has 0 saturated carbocycles. The van der Waals surface area contributed by atoms with Crippen molar-refractivity contribution >= 4 is 15.9 Å². The van der Waals surface area contributed by atoms with Crippen molar-refractivity contribution in [2.75, 3.05) is 0 Å². The molecule has 94 valence electrons. The topological polar surface area (TPSA) is 39.9 Å². The maximum Gasteiger partial charge on any atom is 0.169 e. The van der Waals surface area contributed by atoms with E-state index in [0.717, 1.165) is 22.3 Å². The smallest absolute Gasteiger partial charge is 0.169 e. The molecule has 1 aliphatic heterocycles. The molecule has 0 spiro atoms. The summed E-state index contributed by atoms with van der Waals surface area (Å²) in [6.07, 6.45) is 2.89. The van der Waals surface area contributed by atoms with Crippen LogP contribution in [-0.2, 0) is 17.4 Å². The van der Waals surface area contributed by atoms with Crippen LogP contribution < -0.4 is 0 Å². The fourth-order valence-electron chi connectivity index (χ4n) is 2.59. The van der Waals surface area contributed by atoms with E-state index in [-0.39, 0.29) is 6.10 Å². The second-order valence-corrected chi connectivity index (χ2v) is 5.65. The Morgan fingerprint density at radius 3 is 2.83 bits per heavy atom. The van der Waals surface area contributed by atoms with E-state index < -0.39 is 5.60 Å². The summed E-state index contributed by atoms with van der Waals surface area (Å²) in [4.78, 5) is 0. The molecule has 2 aromatic rings. The first-order valence-electron chi connectivity index (χ1n) is 5.90. The standard InChI is InChI=1S/C13H14BrN3O/c1-9-7-13(18-9,12-16-15-8-17(12)2)10-4-3-5-11(14)6-10/h3-6,8-9H,7H2,1-2H3/t9-,13-/m0/s1. The molecule has 1 fully saturated rings. The Bertz CT molecular complexity index is 575. The second-order valence-electron chi connectivity index (χ2n) is 4.74. The Balaban J connectivity index is 2.11. The lowest BCUT2D eigenvalue weighted by Gasteiger charge is -2.45. The van der Waals surface area contributed by atoms with Crippen molar-refractivity contribution in [2.24, 2.45) is 7.05 Å². The highest BCUT2D eigenvalue weighted by Crippen LogP contribution is 2.46. The number of hydrogen-bond acceptors (Lipinski definition) is 3. The molecular weight excluding hydrogens is 294 g/mol. The van der Waals surface area contributed by atoms with Gasteiger partial charge in [-0.1, -0.05) is 28.1 Å². The molecule has 0 unspecified atom stereocenters. The van der Waals surface area contributed by atoms with Gasteiger partial charge in [-0.05, 0) is 24.6 Å². The van der Waals surface area contributed by atoms with Crippen LogP contribution in [0.15, 0.2) is 35.1 Å². The summed E-state index contributed by atoms with van der Waals surface area (Å²) in [6, 6.07) is 8.19. The van der Waals surface area contributed by atoms with Gasteiger partial charge < -0.3 is 9.30 Å². The van der Waals surface area contributed by atoms with Crippen LogP contribution in [0.25, 0.3) is 0 Å². The van der Waals surface area contributed by atoms with Crippen molar-refractivity contribution in [3.8, 4) is 0 Å². The lowest BCUT2D eigenvalue weighted by molar-refractivity contribution is -0.184. The van der Waals surface area contributed by atoms with Crippen LogP contribution in [0.4, 0.5) is 0 Å². The second kappa shape index (κ2) is 4.17. The normalized spacial score (nSPS) is 26.9. The molecule has 0 aliphatic carbocycles. The number of benzene rings is 1.